The Bertz CT molecular complexity index is 1000. The number of thioether (sulfide) groups is 1. The molecule has 0 fully saturated rings. The van der Waals surface area contributed by atoms with Crippen molar-refractivity contribution in [2.75, 3.05) is 12.8 Å². The van der Waals surface area contributed by atoms with Crippen molar-refractivity contribution in [2.24, 2.45) is 0 Å². The van der Waals surface area contributed by atoms with Crippen molar-refractivity contribution in [3.63, 3.8) is 0 Å². The Morgan fingerprint density at radius 2 is 1.77 bits per heavy atom. The molecule has 3 aromatic rings. The first-order chi connectivity index (χ1) is 14.2. The van der Waals surface area contributed by atoms with E-state index < -0.39 is 18.5 Å². The lowest BCUT2D eigenvalue weighted by molar-refractivity contribution is -0.141. The van der Waals surface area contributed by atoms with Gasteiger partial charge in [-0.15, -0.1) is 0 Å². The molecule has 0 bridgehead atoms. The van der Waals surface area contributed by atoms with E-state index in [0.717, 1.165) is 16.3 Å². The highest BCUT2D eigenvalue weighted by Crippen LogP contribution is 2.30. The largest absolute Gasteiger partial charge is 0.406 e. The summed E-state index contributed by atoms with van der Waals surface area (Å²) in [6.45, 7) is -1.14. The van der Waals surface area contributed by atoms with Gasteiger partial charge >= 0.3 is 6.18 Å². The molecule has 0 N–H and O–H groups in total. The predicted molar refractivity (Wildman–Crippen MR) is 107 cm³/mol. The lowest BCUT2D eigenvalue weighted by Crippen LogP contribution is -2.28. The average molecular weight is 437 g/mol. The Hall–Kier alpha value is -2.81. The Morgan fingerprint density at radius 3 is 2.43 bits per heavy atom. The van der Waals surface area contributed by atoms with E-state index in [9.17, 15) is 22.4 Å². The van der Waals surface area contributed by atoms with Crippen LogP contribution in [0, 0.1) is 5.82 Å². The van der Waals surface area contributed by atoms with Gasteiger partial charge in [-0.25, -0.2) is 9.37 Å². The first-order valence-corrected chi connectivity index (χ1v) is 10.0. The van der Waals surface area contributed by atoms with Gasteiger partial charge in [0.15, 0.2) is 5.16 Å². The Morgan fingerprint density at radius 1 is 1.10 bits per heavy atom. The van der Waals surface area contributed by atoms with Crippen molar-refractivity contribution in [1.82, 2.24) is 14.5 Å². The van der Waals surface area contributed by atoms with E-state index in [4.69, 9.17) is 0 Å². The number of benzene rings is 2. The molecular weight excluding hydrogens is 418 g/mol. The summed E-state index contributed by atoms with van der Waals surface area (Å²) in [5, 5.41) is 0.0961. The molecule has 3 rings (SSSR count). The molecule has 30 heavy (non-hydrogen) atoms. The van der Waals surface area contributed by atoms with Gasteiger partial charge in [0.2, 0.25) is 5.91 Å². The van der Waals surface area contributed by atoms with Gasteiger partial charge in [-0.2, -0.15) is 13.2 Å². The van der Waals surface area contributed by atoms with E-state index in [1.54, 1.807) is 48.5 Å². The van der Waals surface area contributed by atoms with E-state index in [1.807, 2.05) is 0 Å². The fraction of sp³-hybridized carbons (Fsp3) is 0.238. The first-order valence-electron chi connectivity index (χ1n) is 9.02. The summed E-state index contributed by atoms with van der Waals surface area (Å²) >= 11 is 0.921. The van der Waals surface area contributed by atoms with Crippen LogP contribution in [0.25, 0.3) is 11.3 Å². The molecule has 2 aromatic carbocycles. The van der Waals surface area contributed by atoms with Crippen LogP contribution in [0.3, 0.4) is 0 Å². The molecule has 0 atom stereocenters. The topological polar surface area (TPSA) is 38.1 Å². The van der Waals surface area contributed by atoms with Crippen LogP contribution in [-0.4, -0.2) is 39.3 Å². The summed E-state index contributed by atoms with van der Waals surface area (Å²) < 4.78 is 54.2. The van der Waals surface area contributed by atoms with E-state index in [0.29, 0.717) is 16.8 Å². The predicted octanol–water partition coefficient (Wildman–Crippen LogP) is 5.00. The normalized spacial score (nSPS) is 11.5. The number of halogens is 4. The lowest BCUT2D eigenvalue weighted by Gasteiger charge is -2.18. The number of rotatable bonds is 7. The standard InChI is InChI=1S/C21H19F4N3OS/c1-27(12-16-9-5-6-10-17(16)22)19(29)13-30-20-26-11-18(15-7-3-2-4-8-15)28(20)14-21(23,24)25/h2-11H,12-14H2,1H3. The lowest BCUT2D eigenvalue weighted by atomic mass is 10.2. The van der Waals surface area contributed by atoms with E-state index >= 15 is 0 Å². The molecule has 4 nitrogen and oxygen atoms in total. The van der Waals surface area contributed by atoms with Crippen molar-refractivity contribution >= 4 is 17.7 Å². The highest BCUT2D eigenvalue weighted by molar-refractivity contribution is 7.99. The van der Waals surface area contributed by atoms with Crippen LogP contribution >= 0.6 is 11.8 Å². The number of aromatic nitrogens is 2. The zero-order chi connectivity index (χ0) is 21.7. The van der Waals surface area contributed by atoms with Gasteiger partial charge < -0.3 is 9.47 Å². The van der Waals surface area contributed by atoms with Crippen molar-refractivity contribution in [3.05, 3.63) is 72.2 Å². The van der Waals surface area contributed by atoms with Crippen LogP contribution in [0.4, 0.5) is 17.6 Å². The monoisotopic (exact) mass is 437 g/mol. The van der Waals surface area contributed by atoms with Gasteiger partial charge in [-0.3, -0.25) is 4.79 Å². The van der Waals surface area contributed by atoms with Crippen LogP contribution in [0.2, 0.25) is 0 Å². The number of imidazole rings is 1. The van der Waals surface area contributed by atoms with Crippen LogP contribution < -0.4 is 0 Å². The first kappa shape index (κ1) is 21.9. The summed E-state index contributed by atoms with van der Waals surface area (Å²) in [7, 11) is 1.52. The summed E-state index contributed by atoms with van der Waals surface area (Å²) in [4.78, 5) is 17.9. The minimum Gasteiger partial charge on any atom is -0.341 e. The van der Waals surface area contributed by atoms with Crippen molar-refractivity contribution < 1.29 is 22.4 Å². The summed E-state index contributed by atoms with van der Waals surface area (Å²) in [6.07, 6.45) is -3.07. The fourth-order valence-corrected chi connectivity index (χ4v) is 3.77. The molecule has 0 spiro atoms. The SMILES string of the molecule is CN(Cc1ccccc1F)C(=O)CSc1ncc(-c2ccccc2)n1CC(F)(F)F. The number of amides is 1. The Balaban J connectivity index is 1.73. The number of nitrogens with zero attached hydrogens (tertiary/aromatic N) is 3. The van der Waals surface area contributed by atoms with Crippen LogP contribution in [-0.2, 0) is 17.9 Å². The third-order valence-corrected chi connectivity index (χ3v) is 5.32. The quantitative estimate of drug-likeness (QED) is 0.386. The van der Waals surface area contributed by atoms with Crippen LogP contribution in [0.15, 0.2) is 66.0 Å². The molecule has 0 aliphatic carbocycles. The number of carbonyl (C=O) groups excluding carboxylic acids is 1. The smallest absolute Gasteiger partial charge is 0.341 e. The van der Waals surface area contributed by atoms with Gasteiger partial charge in [0, 0.05) is 19.2 Å². The number of alkyl halides is 3. The number of hydrogen-bond acceptors (Lipinski definition) is 3. The summed E-state index contributed by atoms with van der Waals surface area (Å²) in [5.74, 6) is -0.877. The van der Waals surface area contributed by atoms with Gasteiger partial charge in [0.05, 0.1) is 17.6 Å². The van der Waals surface area contributed by atoms with Crippen LogP contribution in [0.1, 0.15) is 5.56 Å². The van der Waals surface area contributed by atoms with E-state index in [-0.39, 0.29) is 23.4 Å². The molecule has 0 aliphatic rings. The maximum absolute atomic E-state index is 13.8. The average Bonchev–Trinajstić information content (AvgIpc) is 3.09. The zero-order valence-electron chi connectivity index (χ0n) is 16.1. The van der Waals surface area contributed by atoms with Gasteiger partial charge in [-0.05, 0) is 11.6 Å². The maximum atomic E-state index is 13.8. The second kappa shape index (κ2) is 9.34. The number of carbonyl (C=O) groups is 1. The molecule has 0 radical (unpaired) electrons. The van der Waals surface area contributed by atoms with Gasteiger partial charge in [-0.1, -0.05) is 60.3 Å². The fourth-order valence-electron chi connectivity index (χ4n) is 2.85. The molecule has 1 heterocycles. The third kappa shape index (κ3) is 5.63. The summed E-state index contributed by atoms with van der Waals surface area (Å²) in [5.41, 5.74) is 1.29. The van der Waals surface area contributed by atoms with E-state index in [2.05, 4.69) is 4.98 Å². The van der Waals surface area contributed by atoms with Crippen LogP contribution in [0.5, 0.6) is 0 Å². The second-order valence-corrected chi connectivity index (χ2v) is 7.57. The maximum Gasteiger partial charge on any atom is 0.406 e. The molecule has 0 saturated carbocycles. The molecular formula is C21H19F4N3OS. The van der Waals surface area contributed by atoms with E-state index in [1.165, 1.54) is 24.2 Å². The highest BCUT2D eigenvalue weighted by Gasteiger charge is 2.31. The second-order valence-electron chi connectivity index (χ2n) is 6.62. The minimum atomic E-state index is -4.44. The highest BCUT2D eigenvalue weighted by atomic mass is 32.2. The molecule has 0 aliphatic heterocycles. The van der Waals surface area contributed by atoms with Crippen molar-refractivity contribution in [2.45, 2.75) is 24.4 Å². The zero-order valence-corrected chi connectivity index (χ0v) is 16.9. The van der Waals surface area contributed by atoms with Gasteiger partial charge in [0.25, 0.3) is 0 Å². The van der Waals surface area contributed by atoms with Crippen molar-refractivity contribution in [3.8, 4) is 11.3 Å². The minimum absolute atomic E-state index is 0.0678. The summed E-state index contributed by atoms with van der Waals surface area (Å²) in [6, 6.07) is 14.7. The van der Waals surface area contributed by atoms with Crippen molar-refractivity contribution in [1.29, 1.82) is 0 Å². The molecule has 158 valence electrons. The molecule has 1 aromatic heterocycles. The number of hydrogen-bond donors (Lipinski definition) is 0. The molecule has 0 unspecified atom stereocenters. The molecule has 9 heteroatoms. The Labute approximate surface area is 175 Å². The third-order valence-electron chi connectivity index (χ3n) is 4.34. The molecule has 1 amide bonds. The molecule has 0 saturated heterocycles. The van der Waals surface area contributed by atoms with Gasteiger partial charge in [0.1, 0.15) is 12.4 Å². The Kier molecular flexibility index (Phi) is 6.81.